The summed E-state index contributed by atoms with van der Waals surface area (Å²) in [7, 11) is 0. The normalized spacial score (nSPS) is 38.6. The highest BCUT2D eigenvalue weighted by molar-refractivity contribution is 5.68. The van der Waals surface area contributed by atoms with Gasteiger partial charge in [0.1, 0.15) is 0 Å². The van der Waals surface area contributed by atoms with Crippen molar-refractivity contribution in [1.82, 2.24) is 0 Å². The van der Waals surface area contributed by atoms with E-state index in [4.69, 9.17) is 10.8 Å². The minimum absolute atomic E-state index is 0.0107. The summed E-state index contributed by atoms with van der Waals surface area (Å²) < 4.78 is 25.7. The molecule has 3 N–H and O–H groups in total. The van der Waals surface area contributed by atoms with Crippen molar-refractivity contribution in [3.05, 3.63) is 11.6 Å². The summed E-state index contributed by atoms with van der Waals surface area (Å²) in [4.78, 5) is 11.0. The van der Waals surface area contributed by atoms with Crippen LogP contribution in [0.5, 0.6) is 0 Å². The maximum atomic E-state index is 12.8. The fourth-order valence-corrected chi connectivity index (χ4v) is 4.53. The van der Waals surface area contributed by atoms with Crippen molar-refractivity contribution in [2.45, 2.75) is 44.4 Å². The molecule has 0 saturated heterocycles. The largest absolute Gasteiger partial charge is 0.481 e. The summed E-state index contributed by atoms with van der Waals surface area (Å²) >= 11 is 0. The Labute approximate surface area is 117 Å². The highest BCUT2D eigenvalue weighted by Crippen LogP contribution is 2.60. The molecule has 3 aliphatic carbocycles. The number of rotatable bonds is 5. The first-order chi connectivity index (χ1) is 9.33. The number of fused-ring (bicyclic) bond motifs is 1. The number of carboxylic acid groups (broad SMARTS) is 1. The fraction of sp³-hybridized carbons (Fsp3) is 0.800. The molecule has 0 amide bonds. The molecular formula is C15H21F2NO2. The summed E-state index contributed by atoms with van der Waals surface area (Å²) in [6.07, 6.45) is 4.87. The van der Waals surface area contributed by atoms with Crippen LogP contribution in [-0.4, -0.2) is 23.5 Å². The van der Waals surface area contributed by atoms with Crippen molar-refractivity contribution in [3.8, 4) is 0 Å². The van der Waals surface area contributed by atoms with Gasteiger partial charge in [-0.3, -0.25) is 4.79 Å². The molecule has 3 atom stereocenters. The molecule has 0 spiro atoms. The molecule has 0 aliphatic heterocycles. The summed E-state index contributed by atoms with van der Waals surface area (Å²) in [5, 5.41) is 9.02. The zero-order chi connectivity index (χ0) is 14.5. The Bertz CT molecular complexity index is 455. The van der Waals surface area contributed by atoms with Gasteiger partial charge in [-0.15, -0.1) is 0 Å². The van der Waals surface area contributed by atoms with E-state index >= 15 is 0 Å². The quantitative estimate of drug-likeness (QED) is 0.763. The molecule has 5 heteroatoms. The van der Waals surface area contributed by atoms with Gasteiger partial charge in [0.2, 0.25) is 5.92 Å². The Kier molecular flexibility index (Phi) is 3.16. The van der Waals surface area contributed by atoms with Crippen LogP contribution in [0.25, 0.3) is 0 Å². The van der Waals surface area contributed by atoms with Gasteiger partial charge < -0.3 is 10.8 Å². The summed E-state index contributed by atoms with van der Waals surface area (Å²) in [6, 6.07) is 0. The third-order valence-electron chi connectivity index (χ3n) is 5.46. The van der Waals surface area contributed by atoms with E-state index in [-0.39, 0.29) is 36.5 Å². The van der Waals surface area contributed by atoms with Gasteiger partial charge in [-0.05, 0) is 49.0 Å². The average molecular weight is 285 g/mol. The van der Waals surface area contributed by atoms with Crippen LogP contribution >= 0.6 is 0 Å². The van der Waals surface area contributed by atoms with Crippen LogP contribution in [0.4, 0.5) is 8.78 Å². The molecule has 0 aromatic carbocycles. The molecule has 2 saturated carbocycles. The average Bonchev–Trinajstić information content (AvgIpc) is 2.62. The molecule has 20 heavy (non-hydrogen) atoms. The number of aliphatic carboxylic acids is 1. The molecule has 0 unspecified atom stereocenters. The van der Waals surface area contributed by atoms with Gasteiger partial charge in [-0.2, -0.15) is 0 Å². The van der Waals surface area contributed by atoms with E-state index in [1.807, 2.05) is 0 Å². The maximum Gasteiger partial charge on any atom is 0.303 e. The molecule has 2 fully saturated rings. The van der Waals surface area contributed by atoms with E-state index in [2.05, 4.69) is 6.08 Å². The lowest BCUT2D eigenvalue weighted by atomic mass is 9.53. The molecule has 0 aromatic rings. The van der Waals surface area contributed by atoms with Gasteiger partial charge >= 0.3 is 5.97 Å². The number of allylic oxidation sites excluding steroid dienone is 2. The van der Waals surface area contributed by atoms with Gasteiger partial charge in [0, 0.05) is 12.8 Å². The lowest BCUT2D eigenvalue weighted by molar-refractivity contribution is -0.144. The van der Waals surface area contributed by atoms with E-state index in [0.29, 0.717) is 12.5 Å². The first kappa shape index (κ1) is 14.0. The van der Waals surface area contributed by atoms with Crippen molar-refractivity contribution in [1.29, 1.82) is 0 Å². The van der Waals surface area contributed by atoms with E-state index in [1.54, 1.807) is 0 Å². The Morgan fingerprint density at radius 3 is 2.65 bits per heavy atom. The van der Waals surface area contributed by atoms with Crippen molar-refractivity contribution >= 4 is 5.97 Å². The van der Waals surface area contributed by atoms with Gasteiger partial charge in [-0.1, -0.05) is 11.6 Å². The first-order valence-electron chi connectivity index (χ1n) is 7.33. The zero-order valence-corrected chi connectivity index (χ0v) is 11.4. The minimum atomic E-state index is -2.45. The predicted octanol–water partition coefficient (Wildman–Crippen LogP) is 2.81. The molecule has 0 heterocycles. The van der Waals surface area contributed by atoms with Crippen molar-refractivity contribution in [3.63, 3.8) is 0 Å². The van der Waals surface area contributed by atoms with E-state index in [9.17, 15) is 13.6 Å². The van der Waals surface area contributed by atoms with Crippen LogP contribution in [0.3, 0.4) is 0 Å². The molecule has 3 aliphatic rings. The van der Waals surface area contributed by atoms with Crippen LogP contribution in [0.15, 0.2) is 11.6 Å². The standard InChI is InChI=1S/C15H21F2NO2/c16-15(17)4-10(5-15)1-9-2-11-6-14(8-18,7-13(19)20)12(11)3-9/h3,10-12H,1-2,4-8,18H2,(H,19,20)/t11-,12-,14-/m0/s1. The van der Waals surface area contributed by atoms with Gasteiger partial charge in [-0.25, -0.2) is 8.78 Å². The third kappa shape index (κ3) is 2.26. The molecule has 3 rings (SSSR count). The lowest BCUT2D eigenvalue weighted by Gasteiger charge is -2.51. The van der Waals surface area contributed by atoms with Crippen molar-refractivity contribution < 1.29 is 18.7 Å². The number of carbonyl (C=O) groups is 1. The van der Waals surface area contributed by atoms with Gasteiger partial charge in [0.15, 0.2) is 0 Å². The Balaban J connectivity index is 1.61. The van der Waals surface area contributed by atoms with E-state index in [0.717, 1.165) is 19.3 Å². The second-order valence-electron chi connectivity index (χ2n) is 6.99. The van der Waals surface area contributed by atoms with Crippen LogP contribution in [-0.2, 0) is 4.79 Å². The van der Waals surface area contributed by atoms with Gasteiger partial charge in [0.05, 0.1) is 6.42 Å². The number of hydrogen-bond acceptors (Lipinski definition) is 2. The van der Waals surface area contributed by atoms with Crippen LogP contribution in [0, 0.1) is 23.2 Å². The molecule has 3 nitrogen and oxygen atoms in total. The van der Waals surface area contributed by atoms with Crippen molar-refractivity contribution in [2.24, 2.45) is 28.9 Å². The first-order valence-corrected chi connectivity index (χ1v) is 7.33. The number of hydrogen-bond donors (Lipinski definition) is 2. The van der Waals surface area contributed by atoms with Crippen molar-refractivity contribution in [2.75, 3.05) is 6.54 Å². The van der Waals surface area contributed by atoms with Crippen LogP contribution in [0.1, 0.15) is 38.5 Å². The van der Waals surface area contributed by atoms with Gasteiger partial charge in [0.25, 0.3) is 0 Å². The van der Waals surface area contributed by atoms with Crippen LogP contribution in [0.2, 0.25) is 0 Å². The maximum absolute atomic E-state index is 12.8. The molecular weight excluding hydrogens is 264 g/mol. The number of alkyl halides is 2. The highest BCUT2D eigenvalue weighted by atomic mass is 19.3. The Morgan fingerprint density at radius 2 is 2.10 bits per heavy atom. The lowest BCUT2D eigenvalue weighted by Crippen LogP contribution is -2.51. The smallest absolute Gasteiger partial charge is 0.303 e. The van der Waals surface area contributed by atoms with Crippen LogP contribution < -0.4 is 5.73 Å². The second-order valence-corrected chi connectivity index (χ2v) is 6.99. The zero-order valence-electron chi connectivity index (χ0n) is 11.4. The summed E-state index contributed by atoms with van der Waals surface area (Å²) in [5.41, 5.74) is 6.76. The SMILES string of the molecule is NC[C@@]1(CC(=O)O)C[C@@H]2CC(CC3CC(F)(F)C3)=C[C@@H]21. The topological polar surface area (TPSA) is 63.3 Å². The number of halogens is 2. The fourth-order valence-electron chi connectivity index (χ4n) is 4.53. The number of nitrogens with two attached hydrogens (primary N) is 1. The molecule has 0 aromatic heterocycles. The third-order valence-corrected chi connectivity index (χ3v) is 5.46. The summed E-state index contributed by atoms with van der Waals surface area (Å²) in [5.74, 6) is -2.39. The minimum Gasteiger partial charge on any atom is -0.481 e. The Morgan fingerprint density at radius 1 is 1.40 bits per heavy atom. The summed E-state index contributed by atoms with van der Waals surface area (Å²) in [6.45, 7) is 0.395. The monoisotopic (exact) mass is 285 g/mol. The molecule has 112 valence electrons. The predicted molar refractivity (Wildman–Crippen MR) is 70.3 cm³/mol. The number of carboxylic acids is 1. The molecule has 0 radical (unpaired) electrons. The molecule has 0 bridgehead atoms. The van der Waals surface area contributed by atoms with E-state index < -0.39 is 11.9 Å². The highest BCUT2D eigenvalue weighted by Gasteiger charge is 2.55. The Hall–Kier alpha value is -0.970. The second kappa shape index (κ2) is 4.52. The van der Waals surface area contributed by atoms with E-state index in [1.165, 1.54) is 5.57 Å².